The molecule has 2 rings (SSSR count). The molecule has 19 heavy (non-hydrogen) atoms. The van der Waals surface area contributed by atoms with Gasteiger partial charge in [-0.3, -0.25) is 0 Å². The lowest BCUT2D eigenvalue weighted by molar-refractivity contribution is 1.19. The highest BCUT2D eigenvalue weighted by molar-refractivity contribution is 7.15. The number of aryl methyl sites for hydroxylation is 1. The molecule has 0 aliphatic heterocycles. The summed E-state index contributed by atoms with van der Waals surface area (Å²) in [7, 11) is 0. The minimum Gasteiger partial charge on any atom is -0.345 e. The number of thiophene rings is 1. The number of anilines is 1. The van der Waals surface area contributed by atoms with Crippen molar-refractivity contribution in [3.05, 3.63) is 47.5 Å². The van der Waals surface area contributed by atoms with Crippen LogP contribution in [0.5, 0.6) is 0 Å². The van der Waals surface area contributed by atoms with Gasteiger partial charge in [-0.15, -0.1) is 11.3 Å². The first-order valence-electron chi connectivity index (χ1n) is 6.67. The third kappa shape index (κ3) is 4.52. The highest BCUT2D eigenvalue weighted by Crippen LogP contribution is 2.27. The fraction of sp³-hybridized carbons (Fsp3) is 0.312. The average Bonchev–Trinajstić information content (AvgIpc) is 2.89. The minimum absolute atomic E-state index is 0.849. The number of hydrogen-bond donors (Lipinski definition) is 1. The number of rotatable bonds is 4. The molecule has 102 valence electrons. The SMILES string of the molecule is C=C(C)Nc1cccc(-c2ccc(CC)s2)n1.CC. The van der Waals surface area contributed by atoms with E-state index in [4.69, 9.17) is 0 Å². The van der Waals surface area contributed by atoms with Crippen molar-refractivity contribution in [2.75, 3.05) is 5.32 Å². The van der Waals surface area contributed by atoms with Gasteiger partial charge in [-0.2, -0.15) is 0 Å². The summed E-state index contributed by atoms with van der Waals surface area (Å²) in [5, 5.41) is 3.13. The van der Waals surface area contributed by atoms with Crippen LogP contribution in [-0.4, -0.2) is 4.98 Å². The Hall–Kier alpha value is -1.61. The van der Waals surface area contributed by atoms with Crippen LogP contribution in [0, 0.1) is 0 Å². The molecule has 2 aromatic rings. The van der Waals surface area contributed by atoms with Crippen molar-refractivity contribution in [3.8, 4) is 10.6 Å². The standard InChI is InChI=1S/C14H16N2S.C2H6/c1-4-11-8-9-13(17-11)12-6-5-7-14(16-12)15-10(2)3;1-2/h5-9H,2,4H2,1,3H3,(H,15,16);1-2H3. The van der Waals surface area contributed by atoms with Crippen LogP contribution in [0.1, 0.15) is 32.6 Å². The molecule has 2 aromatic heterocycles. The first-order valence-corrected chi connectivity index (χ1v) is 7.49. The van der Waals surface area contributed by atoms with Crippen LogP contribution in [-0.2, 0) is 6.42 Å². The fourth-order valence-corrected chi connectivity index (χ4v) is 2.48. The summed E-state index contributed by atoms with van der Waals surface area (Å²) in [6.07, 6.45) is 1.08. The smallest absolute Gasteiger partial charge is 0.130 e. The van der Waals surface area contributed by atoms with E-state index in [1.165, 1.54) is 9.75 Å². The summed E-state index contributed by atoms with van der Waals surface area (Å²) in [5.41, 5.74) is 1.91. The van der Waals surface area contributed by atoms with E-state index in [1.54, 1.807) is 11.3 Å². The highest BCUT2D eigenvalue weighted by atomic mass is 32.1. The topological polar surface area (TPSA) is 24.9 Å². The van der Waals surface area contributed by atoms with Crippen molar-refractivity contribution in [2.45, 2.75) is 34.1 Å². The third-order valence-corrected chi connectivity index (χ3v) is 3.61. The van der Waals surface area contributed by atoms with Gasteiger partial charge in [-0.1, -0.05) is 33.4 Å². The first-order chi connectivity index (χ1) is 9.19. The molecule has 3 heteroatoms. The maximum Gasteiger partial charge on any atom is 0.130 e. The van der Waals surface area contributed by atoms with Crippen LogP contribution >= 0.6 is 11.3 Å². The molecule has 0 atom stereocenters. The summed E-state index contributed by atoms with van der Waals surface area (Å²) in [4.78, 5) is 7.17. The zero-order valence-electron chi connectivity index (χ0n) is 12.2. The molecule has 0 aromatic carbocycles. The second-order valence-corrected chi connectivity index (χ2v) is 5.10. The lowest BCUT2D eigenvalue weighted by Crippen LogP contribution is -1.96. The maximum absolute atomic E-state index is 4.57. The zero-order valence-corrected chi connectivity index (χ0v) is 13.0. The second-order valence-electron chi connectivity index (χ2n) is 3.93. The Balaban J connectivity index is 0.000000861. The largest absolute Gasteiger partial charge is 0.345 e. The van der Waals surface area contributed by atoms with Crippen molar-refractivity contribution in [1.82, 2.24) is 4.98 Å². The molecule has 2 heterocycles. The molecule has 0 radical (unpaired) electrons. The quantitative estimate of drug-likeness (QED) is 0.813. The van der Waals surface area contributed by atoms with Crippen LogP contribution in [0.15, 0.2) is 42.6 Å². The van der Waals surface area contributed by atoms with Crippen LogP contribution in [0.4, 0.5) is 5.82 Å². The monoisotopic (exact) mass is 274 g/mol. The van der Waals surface area contributed by atoms with E-state index in [1.807, 2.05) is 39.0 Å². The van der Waals surface area contributed by atoms with Gasteiger partial charge in [0, 0.05) is 10.6 Å². The molecular formula is C16H22N2S. The van der Waals surface area contributed by atoms with Crippen molar-refractivity contribution in [2.24, 2.45) is 0 Å². The van der Waals surface area contributed by atoms with E-state index in [2.05, 4.69) is 35.9 Å². The van der Waals surface area contributed by atoms with Crippen LogP contribution in [0.2, 0.25) is 0 Å². The van der Waals surface area contributed by atoms with Gasteiger partial charge in [0.15, 0.2) is 0 Å². The first kappa shape index (κ1) is 15.4. The summed E-state index contributed by atoms with van der Waals surface area (Å²) in [6, 6.07) is 10.3. The molecule has 0 aliphatic carbocycles. The normalized spacial score (nSPS) is 9.47. The van der Waals surface area contributed by atoms with Gasteiger partial charge in [0.05, 0.1) is 10.6 Å². The number of nitrogens with zero attached hydrogens (tertiary/aromatic N) is 1. The number of aromatic nitrogens is 1. The molecule has 0 spiro atoms. The van der Waals surface area contributed by atoms with E-state index in [-0.39, 0.29) is 0 Å². The fourth-order valence-electron chi connectivity index (χ4n) is 1.57. The Bertz CT molecular complexity index is 529. The van der Waals surface area contributed by atoms with Gasteiger partial charge in [0.25, 0.3) is 0 Å². The van der Waals surface area contributed by atoms with Crippen molar-refractivity contribution in [1.29, 1.82) is 0 Å². The number of hydrogen-bond acceptors (Lipinski definition) is 3. The second kappa shape index (κ2) is 7.74. The molecule has 0 saturated heterocycles. The predicted molar refractivity (Wildman–Crippen MR) is 86.7 cm³/mol. The maximum atomic E-state index is 4.57. The van der Waals surface area contributed by atoms with Crippen molar-refractivity contribution >= 4 is 17.2 Å². The Morgan fingerprint density at radius 1 is 1.26 bits per heavy atom. The molecule has 0 amide bonds. The van der Waals surface area contributed by atoms with Gasteiger partial charge in [0.1, 0.15) is 5.82 Å². The van der Waals surface area contributed by atoms with Gasteiger partial charge in [0.2, 0.25) is 0 Å². The number of nitrogens with one attached hydrogen (secondary N) is 1. The van der Waals surface area contributed by atoms with Gasteiger partial charge in [-0.05, 0) is 37.6 Å². The Morgan fingerprint density at radius 2 is 2.00 bits per heavy atom. The zero-order chi connectivity index (χ0) is 14.3. The summed E-state index contributed by atoms with van der Waals surface area (Å²) >= 11 is 1.80. The molecule has 2 nitrogen and oxygen atoms in total. The van der Waals surface area contributed by atoms with Gasteiger partial charge in [-0.25, -0.2) is 4.98 Å². The summed E-state index contributed by atoms with van der Waals surface area (Å²) < 4.78 is 0. The molecule has 1 N–H and O–H groups in total. The third-order valence-electron chi connectivity index (χ3n) is 2.35. The lowest BCUT2D eigenvalue weighted by atomic mass is 10.3. The van der Waals surface area contributed by atoms with Crippen LogP contribution < -0.4 is 5.32 Å². The Labute approximate surface area is 120 Å². The van der Waals surface area contributed by atoms with E-state index in [0.717, 1.165) is 23.6 Å². The summed E-state index contributed by atoms with van der Waals surface area (Å²) in [6.45, 7) is 11.9. The highest BCUT2D eigenvalue weighted by Gasteiger charge is 2.04. The molecule has 0 unspecified atom stereocenters. The van der Waals surface area contributed by atoms with E-state index < -0.39 is 0 Å². The van der Waals surface area contributed by atoms with Crippen LogP contribution in [0.25, 0.3) is 10.6 Å². The van der Waals surface area contributed by atoms with Crippen LogP contribution in [0.3, 0.4) is 0 Å². The minimum atomic E-state index is 0.849. The number of allylic oxidation sites excluding steroid dienone is 1. The number of pyridine rings is 1. The molecule has 0 aliphatic rings. The van der Waals surface area contributed by atoms with Gasteiger partial charge < -0.3 is 5.32 Å². The van der Waals surface area contributed by atoms with Crippen molar-refractivity contribution < 1.29 is 0 Å². The average molecular weight is 274 g/mol. The molecule has 0 bridgehead atoms. The summed E-state index contributed by atoms with van der Waals surface area (Å²) in [5.74, 6) is 0.849. The molecule has 0 saturated carbocycles. The lowest BCUT2D eigenvalue weighted by Gasteiger charge is -2.05. The Morgan fingerprint density at radius 3 is 2.58 bits per heavy atom. The predicted octanol–water partition coefficient (Wildman–Crippen LogP) is 5.34. The van der Waals surface area contributed by atoms with Gasteiger partial charge >= 0.3 is 0 Å². The molecular weight excluding hydrogens is 252 g/mol. The van der Waals surface area contributed by atoms with E-state index in [0.29, 0.717) is 0 Å². The van der Waals surface area contributed by atoms with Crippen molar-refractivity contribution in [3.63, 3.8) is 0 Å². The Kier molecular flexibility index (Phi) is 6.30. The molecule has 0 fully saturated rings. The van der Waals surface area contributed by atoms with E-state index in [9.17, 15) is 0 Å². The van der Waals surface area contributed by atoms with E-state index >= 15 is 0 Å².